The molecule has 1 aromatic carbocycles. The fourth-order valence-corrected chi connectivity index (χ4v) is 1.57. The van der Waals surface area contributed by atoms with Crippen molar-refractivity contribution in [2.75, 3.05) is 0 Å². The lowest BCUT2D eigenvalue weighted by molar-refractivity contribution is -0.136. The van der Waals surface area contributed by atoms with Gasteiger partial charge in [0.1, 0.15) is 6.29 Å². The summed E-state index contributed by atoms with van der Waals surface area (Å²) >= 11 is 5.68. The number of halogens is 1. The van der Waals surface area contributed by atoms with Gasteiger partial charge in [0.05, 0.1) is 11.8 Å². The summed E-state index contributed by atoms with van der Waals surface area (Å²) in [5.74, 6) is -1.41. The van der Waals surface area contributed by atoms with Crippen LogP contribution in [0.1, 0.15) is 33.2 Å². The van der Waals surface area contributed by atoms with Gasteiger partial charge in [-0.1, -0.05) is 12.1 Å². The highest BCUT2D eigenvalue weighted by atomic mass is 35.5. The first-order valence-electron chi connectivity index (χ1n) is 4.94. The number of rotatable bonds is 5. The van der Waals surface area contributed by atoms with Crippen molar-refractivity contribution in [2.24, 2.45) is 0 Å². The number of carbonyl (C=O) groups is 3. The molecule has 1 N–H and O–H groups in total. The average Bonchev–Trinajstić information content (AvgIpc) is 2.27. The van der Waals surface area contributed by atoms with Crippen molar-refractivity contribution in [1.82, 2.24) is 0 Å². The van der Waals surface area contributed by atoms with Gasteiger partial charge in [0.15, 0.2) is 5.78 Å². The smallest absolute Gasteiger partial charge is 0.307 e. The summed E-state index contributed by atoms with van der Waals surface area (Å²) in [5.41, 5.74) is 0.889. The summed E-state index contributed by atoms with van der Waals surface area (Å²) in [6, 6.07) is 4.29. The molecule has 0 heterocycles. The molecule has 0 aliphatic heterocycles. The SMILES string of the molecule is CC(Cl)C(=O)c1ccc(C=O)cc1CC(=O)O. The minimum Gasteiger partial charge on any atom is -0.481 e. The Kier molecular flexibility index (Phi) is 4.40. The number of Topliss-reactive ketones (excluding diaryl/α,β-unsaturated/α-hetero) is 1. The van der Waals surface area contributed by atoms with E-state index in [9.17, 15) is 14.4 Å². The molecule has 0 spiro atoms. The topological polar surface area (TPSA) is 71.4 Å². The fourth-order valence-electron chi connectivity index (χ4n) is 1.45. The van der Waals surface area contributed by atoms with Gasteiger partial charge in [0.2, 0.25) is 0 Å². The number of aliphatic carboxylic acids is 1. The zero-order valence-electron chi connectivity index (χ0n) is 9.14. The van der Waals surface area contributed by atoms with Crippen LogP contribution in [0, 0.1) is 0 Å². The molecular weight excluding hydrogens is 244 g/mol. The van der Waals surface area contributed by atoms with Crippen molar-refractivity contribution < 1.29 is 19.5 Å². The van der Waals surface area contributed by atoms with Gasteiger partial charge in [-0.2, -0.15) is 0 Å². The van der Waals surface area contributed by atoms with Crippen LogP contribution in [0.2, 0.25) is 0 Å². The van der Waals surface area contributed by atoms with E-state index in [1.54, 1.807) is 0 Å². The average molecular weight is 255 g/mol. The summed E-state index contributed by atoms with van der Waals surface area (Å²) in [6.07, 6.45) is 0.288. The van der Waals surface area contributed by atoms with Crippen LogP contribution in [0.5, 0.6) is 0 Å². The summed E-state index contributed by atoms with van der Waals surface area (Å²) < 4.78 is 0. The predicted octanol–water partition coefficient (Wildman–Crippen LogP) is 1.94. The van der Waals surface area contributed by atoms with Crippen LogP contribution >= 0.6 is 11.6 Å². The summed E-state index contributed by atoms with van der Waals surface area (Å²) in [4.78, 5) is 33.0. The summed E-state index contributed by atoms with van der Waals surface area (Å²) in [6.45, 7) is 1.52. The Bertz CT molecular complexity index is 466. The molecule has 1 unspecified atom stereocenters. The van der Waals surface area contributed by atoms with Gasteiger partial charge in [-0.25, -0.2) is 0 Å². The van der Waals surface area contributed by atoms with E-state index in [-0.39, 0.29) is 17.8 Å². The Labute approximate surface area is 103 Å². The number of benzene rings is 1. The highest BCUT2D eigenvalue weighted by Gasteiger charge is 2.18. The quantitative estimate of drug-likeness (QED) is 0.495. The van der Waals surface area contributed by atoms with E-state index in [1.807, 2.05) is 0 Å². The number of carboxylic acids is 1. The van der Waals surface area contributed by atoms with E-state index in [1.165, 1.54) is 25.1 Å². The number of carboxylic acid groups (broad SMARTS) is 1. The molecule has 17 heavy (non-hydrogen) atoms. The second-order valence-corrected chi connectivity index (χ2v) is 4.24. The number of alkyl halides is 1. The maximum Gasteiger partial charge on any atom is 0.307 e. The van der Waals surface area contributed by atoms with E-state index < -0.39 is 11.3 Å². The highest BCUT2D eigenvalue weighted by molar-refractivity contribution is 6.33. The van der Waals surface area contributed by atoms with E-state index in [0.29, 0.717) is 17.4 Å². The van der Waals surface area contributed by atoms with E-state index in [2.05, 4.69) is 0 Å². The molecule has 0 aromatic heterocycles. The van der Waals surface area contributed by atoms with Crippen molar-refractivity contribution in [1.29, 1.82) is 0 Å². The number of carbonyl (C=O) groups excluding carboxylic acids is 2. The predicted molar refractivity (Wildman–Crippen MR) is 62.8 cm³/mol. The van der Waals surface area contributed by atoms with E-state index in [0.717, 1.165) is 0 Å². The zero-order chi connectivity index (χ0) is 13.0. The number of aldehydes is 1. The third-order valence-electron chi connectivity index (χ3n) is 2.23. The highest BCUT2D eigenvalue weighted by Crippen LogP contribution is 2.16. The van der Waals surface area contributed by atoms with Gasteiger partial charge in [0.25, 0.3) is 0 Å². The molecule has 0 aliphatic rings. The van der Waals surface area contributed by atoms with Crippen LogP contribution in [-0.2, 0) is 11.2 Å². The maximum absolute atomic E-state index is 11.7. The van der Waals surface area contributed by atoms with Crippen LogP contribution in [0.3, 0.4) is 0 Å². The molecule has 0 bridgehead atoms. The normalized spacial score (nSPS) is 11.9. The molecule has 1 atom stereocenters. The van der Waals surface area contributed by atoms with Crippen molar-refractivity contribution in [3.8, 4) is 0 Å². The number of hydrogen-bond donors (Lipinski definition) is 1. The lowest BCUT2D eigenvalue weighted by Gasteiger charge is -2.08. The third-order valence-corrected chi connectivity index (χ3v) is 2.43. The van der Waals surface area contributed by atoms with E-state index in [4.69, 9.17) is 16.7 Å². The van der Waals surface area contributed by atoms with Crippen molar-refractivity contribution in [3.05, 3.63) is 34.9 Å². The minimum absolute atomic E-state index is 0.250. The Hall–Kier alpha value is -1.68. The van der Waals surface area contributed by atoms with Crippen LogP contribution in [-0.4, -0.2) is 28.5 Å². The second kappa shape index (κ2) is 5.59. The molecule has 0 amide bonds. The van der Waals surface area contributed by atoms with Gasteiger partial charge in [-0.05, 0) is 18.6 Å². The second-order valence-electron chi connectivity index (χ2n) is 3.59. The molecular formula is C12H11ClO4. The lowest BCUT2D eigenvalue weighted by Crippen LogP contribution is -2.15. The minimum atomic E-state index is -1.07. The van der Waals surface area contributed by atoms with Crippen molar-refractivity contribution in [2.45, 2.75) is 18.7 Å². The largest absolute Gasteiger partial charge is 0.481 e. The Morgan fingerprint density at radius 3 is 2.59 bits per heavy atom. The standard InChI is InChI=1S/C12H11ClO4/c1-7(13)12(17)10-3-2-8(6-14)4-9(10)5-11(15)16/h2-4,6-7H,5H2,1H3,(H,15,16). The van der Waals surface area contributed by atoms with Gasteiger partial charge in [-0.15, -0.1) is 11.6 Å². The summed E-state index contributed by atoms with van der Waals surface area (Å²) in [7, 11) is 0. The molecule has 4 nitrogen and oxygen atoms in total. The Balaban J connectivity index is 3.23. The molecule has 0 aliphatic carbocycles. The third kappa shape index (κ3) is 3.39. The first-order valence-corrected chi connectivity index (χ1v) is 5.37. The van der Waals surface area contributed by atoms with Gasteiger partial charge < -0.3 is 5.11 Å². The van der Waals surface area contributed by atoms with E-state index >= 15 is 0 Å². The first-order chi connectivity index (χ1) is 7.95. The Morgan fingerprint density at radius 2 is 2.12 bits per heavy atom. The van der Waals surface area contributed by atoms with Crippen molar-refractivity contribution in [3.63, 3.8) is 0 Å². The molecule has 1 aromatic rings. The van der Waals surface area contributed by atoms with Gasteiger partial charge in [0, 0.05) is 11.1 Å². The van der Waals surface area contributed by atoms with Gasteiger partial charge >= 0.3 is 5.97 Å². The van der Waals surface area contributed by atoms with Crippen LogP contribution in [0.4, 0.5) is 0 Å². The molecule has 1 rings (SSSR count). The van der Waals surface area contributed by atoms with Crippen LogP contribution < -0.4 is 0 Å². The fraction of sp³-hybridized carbons (Fsp3) is 0.250. The molecule has 0 radical (unpaired) electrons. The molecule has 0 saturated carbocycles. The number of ketones is 1. The van der Waals surface area contributed by atoms with Crippen LogP contribution in [0.15, 0.2) is 18.2 Å². The van der Waals surface area contributed by atoms with Crippen molar-refractivity contribution >= 4 is 29.6 Å². The monoisotopic (exact) mass is 254 g/mol. The molecule has 90 valence electrons. The summed E-state index contributed by atoms with van der Waals surface area (Å²) in [5, 5.41) is 8.01. The van der Waals surface area contributed by atoms with Gasteiger partial charge in [-0.3, -0.25) is 14.4 Å². The molecule has 5 heteroatoms. The lowest BCUT2D eigenvalue weighted by atomic mass is 9.97. The number of hydrogen-bond acceptors (Lipinski definition) is 3. The molecule has 0 fully saturated rings. The molecule has 0 saturated heterocycles. The maximum atomic E-state index is 11.7. The Morgan fingerprint density at radius 1 is 1.47 bits per heavy atom. The zero-order valence-corrected chi connectivity index (χ0v) is 9.90. The van der Waals surface area contributed by atoms with Crippen LogP contribution in [0.25, 0.3) is 0 Å². The first kappa shape index (κ1) is 13.4.